The summed E-state index contributed by atoms with van der Waals surface area (Å²) in [5, 5.41) is 7.25. The number of fused-ring (bicyclic) bond motifs is 1. The lowest BCUT2D eigenvalue weighted by atomic mass is 10.0. The zero-order valence-electron chi connectivity index (χ0n) is 16.2. The number of likely N-dealkylation sites (tertiary alicyclic amines) is 1. The highest BCUT2D eigenvalue weighted by Crippen LogP contribution is 2.16. The summed E-state index contributed by atoms with van der Waals surface area (Å²) in [7, 11) is 0. The molecule has 1 fully saturated rings. The first kappa shape index (κ1) is 18.8. The summed E-state index contributed by atoms with van der Waals surface area (Å²) in [6.07, 6.45) is 7.63. The molecule has 2 aromatic heterocycles. The molecule has 3 heterocycles. The second-order valence-corrected chi connectivity index (χ2v) is 7.32. The van der Waals surface area contributed by atoms with Crippen molar-refractivity contribution >= 4 is 11.7 Å². The molecule has 2 aromatic rings. The highest BCUT2D eigenvalue weighted by molar-refractivity contribution is 5.76. The van der Waals surface area contributed by atoms with Crippen LogP contribution in [0.25, 0.3) is 5.78 Å². The summed E-state index contributed by atoms with van der Waals surface area (Å²) in [5.74, 6) is 0.717. The maximum Gasteiger partial charge on any atom is 0.252 e. The molecule has 1 saturated heterocycles. The van der Waals surface area contributed by atoms with E-state index in [4.69, 9.17) is 0 Å². The number of carbonyl (C=O) groups excluding carboxylic acids is 1. The predicted molar refractivity (Wildman–Crippen MR) is 101 cm³/mol. The van der Waals surface area contributed by atoms with Crippen molar-refractivity contribution in [1.29, 1.82) is 0 Å². The molecule has 1 N–H and O–H groups in total. The topological polar surface area (TPSA) is 75.4 Å². The number of aryl methyl sites for hydroxylation is 2. The second kappa shape index (κ2) is 8.58. The van der Waals surface area contributed by atoms with Crippen LogP contribution in [0, 0.1) is 13.8 Å². The minimum Gasteiger partial charge on any atom is -0.356 e. The number of aromatic nitrogens is 4. The number of hydrogen-bond acceptors (Lipinski definition) is 5. The summed E-state index contributed by atoms with van der Waals surface area (Å²) < 4.78 is 1.74. The first-order valence-electron chi connectivity index (χ1n) is 9.73. The molecule has 26 heavy (non-hydrogen) atoms. The molecule has 0 aliphatic carbocycles. The summed E-state index contributed by atoms with van der Waals surface area (Å²) >= 11 is 0. The van der Waals surface area contributed by atoms with Crippen LogP contribution in [0.1, 0.15) is 56.0 Å². The lowest BCUT2D eigenvalue weighted by Gasteiger charge is -2.33. The van der Waals surface area contributed by atoms with Gasteiger partial charge < -0.3 is 10.2 Å². The third-order valence-corrected chi connectivity index (χ3v) is 5.48. The number of rotatable bonds is 7. The summed E-state index contributed by atoms with van der Waals surface area (Å²) in [6.45, 7) is 9.30. The molecule has 142 valence electrons. The van der Waals surface area contributed by atoms with Gasteiger partial charge in [0.25, 0.3) is 5.78 Å². The van der Waals surface area contributed by atoms with Crippen LogP contribution in [0.3, 0.4) is 0 Å². The first-order valence-corrected chi connectivity index (χ1v) is 9.73. The van der Waals surface area contributed by atoms with E-state index in [1.54, 1.807) is 4.52 Å². The monoisotopic (exact) mass is 358 g/mol. The van der Waals surface area contributed by atoms with Crippen molar-refractivity contribution in [3.8, 4) is 0 Å². The molecule has 0 radical (unpaired) electrons. The van der Waals surface area contributed by atoms with E-state index in [-0.39, 0.29) is 5.91 Å². The quantitative estimate of drug-likeness (QED) is 0.767. The lowest BCUT2D eigenvalue weighted by molar-refractivity contribution is -0.121. The fourth-order valence-corrected chi connectivity index (χ4v) is 3.84. The molecule has 0 aromatic carbocycles. The zero-order valence-corrected chi connectivity index (χ0v) is 16.2. The second-order valence-electron chi connectivity index (χ2n) is 7.32. The number of nitrogens with one attached hydrogen (secondary N) is 1. The van der Waals surface area contributed by atoms with Gasteiger partial charge in [0.05, 0.1) is 0 Å². The van der Waals surface area contributed by atoms with Gasteiger partial charge in [0, 0.05) is 36.9 Å². The number of nitrogens with zero attached hydrogens (tertiary/aromatic N) is 5. The molecule has 0 unspecified atom stereocenters. The molecule has 0 spiro atoms. The van der Waals surface area contributed by atoms with Crippen molar-refractivity contribution in [2.45, 2.75) is 65.3 Å². The summed E-state index contributed by atoms with van der Waals surface area (Å²) in [5.41, 5.74) is 3.02. The number of piperidine rings is 1. The summed E-state index contributed by atoms with van der Waals surface area (Å²) in [4.78, 5) is 23.3. The molecule has 0 bridgehead atoms. The first-order chi connectivity index (χ1) is 12.6. The Morgan fingerprint density at radius 1 is 1.35 bits per heavy atom. The minimum atomic E-state index is 0.106. The van der Waals surface area contributed by atoms with Crippen LogP contribution in [0.5, 0.6) is 0 Å². The third kappa shape index (κ3) is 4.38. The van der Waals surface area contributed by atoms with Crippen molar-refractivity contribution < 1.29 is 4.79 Å². The van der Waals surface area contributed by atoms with Gasteiger partial charge in [0.15, 0.2) is 0 Å². The Balaban J connectivity index is 1.43. The smallest absolute Gasteiger partial charge is 0.252 e. The third-order valence-electron chi connectivity index (χ3n) is 5.48. The average Bonchev–Trinajstić information content (AvgIpc) is 3.08. The molecular formula is C19H30N6O. The van der Waals surface area contributed by atoms with E-state index < -0.39 is 0 Å². The lowest BCUT2D eigenvalue weighted by Crippen LogP contribution is -2.39. The molecule has 3 rings (SSSR count). The van der Waals surface area contributed by atoms with E-state index in [0.29, 0.717) is 24.7 Å². The van der Waals surface area contributed by atoms with E-state index >= 15 is 0 Å². The SMILES string of the molecule is Cc1nc2ncnn2c(C)c1CCC(=O)NCCCN1CCCC[C@H]1C. The molecule has 0 saturated carbocycles. The van der Waals surface area contributed by atoms with Gasteiger partial charge in [-0.25, -0.2) is 9.50 Å². The number of hydrogen-bond donors (Lipinski definition) is 1. The van der Waals surface area contributed by atoms with Gasteiger partial charge >= 0.3 is 0 Å². The van der Waals surface area contributed by atoms with Crippen LogP contribution < -0.4 is 5.32 Å². The van der Waals surface area contributed by atoms with E-state index in [2.05, 4.69) is 32.2 Å². The van der Waals surface area contributed by atoms with Crippen LogP contribution in [0.15, 0.2) is 6.33 Å². The highest BCUT2D eigenvalue weighted by atomic mass is 16.1. The van der Waals surface area contributed by atoms with Crippen LogP contribution in [-0.4, -0.2) is 56.1 Å². The summed E-state index contributed by atoms with van der Waals surface area (Å²) in [6, 6.07) is 0.685. The highest BCUT2D eigenvalue weighted by Gasteiger charge is 2.17. The van der Waals surface area contributed by atoms with Crippen molar-refractivity contribution in [2.24, 2.45) is 0 Å². The van der Waals surface area contributed by atoms with Crippen molar-refractivity contribution in [3.05, 3.63) is 23.3 Å². The Hall–Kier alpha value is -2.02. The van der Waals surface area contributed by atoms with Gasteiger partial charge in [0.1, 0.15) is 6.33 Å². The molecule has 1 aliphatic heterocycles. The van der Waals surface area contributed by atoms with Gasteiger partial charge in [0.2, 0.25) is 5.91 Å². The normalized spacial score (nSPS) is 18.3. The molecule has 7 heteroatoms. The van der Waals surface area contributed by atoms with Crippen molar-refractivity contribution in [2.75, 3.05) is 19.6 Å². The Morgan fingerprint density at radius 2 is 2.19 bits per heavy atom. The predicted octanol–water partition coefficient (Wildman–Crippen LogP) is 2.05. The molecule has 1 atom stereocenters. The van der Waals surface area contributed by atoms with Crippen LogP contribution in [0.2, 0.25) is 0 Å². The molecular weight excluding hydrogens is 328 g/mol. The van der Waals surface area contributed by atoms with Gasteiger partial charge in [-0.05, 0) is 58.6 Å². The molecule has 1 aliphatic rings. The Bertz CT molecular complexity index is 756. The van der Waals surface area contributed by atoms with E-state index in [9.17, 15) is 4.79 Å². The number of carbonyl (C=O) groups is 1. The fourth-order valence-electron chi connectivity index (χ4n) is 3.84. The number of amides is 1. The Kier molecular flexibility index (Phi) is 6.19. The maximum absolute atomic E-state index is 12.2. The van der Waals surface area contributed by atoms with Gasteiger partial charge in [-0.3, -0.25) is 4.79 Å². The zero-order chi connectivity index (χ0) is 18.5. The largest absolute Gasteiger partial charge is 0.356 e. The van der Waals surface area contributed by atoms with Gasteiger partial charge in [-0.1, -0.05) is 6.42 Å². The van der Waals surface area contributed by atoms with Crippen LogP contribution in [-0.2, 0) is 11.2 Å². The van der Waals surface area contributed by atoms with Gasteiger partial charge in [-0.15, -0.1) is 0 Å². The van der Waals surface area contributed by atoms with Crippen LogP contribution in [0.4, 0.5) is 0 Å². The van der Waals surface area contributed by atoms with E-state index in [1.165, 1.54) is 32.1 Å². The van der Waals surface area contributed by atoms with Crippen molar-refractivity contribution in [3.63, 3.8) is 0 Å². The van der Waals surface area contributed by atoms with E-state index in [1.807, 2.05) is 13.8 Å². The van der Waals surface area contributed by atoms with Crippen LogP contribution >= 0.6 is 0 Å². The van der Waals surface area contributed by atoms with E-state index in [0.717, 1.165) is 36.5 Å². The van der Waals surface area contributed by atoms with Gasteiger partial charge in [-0.2, -0.15) is 10.1 Å². The standard InChI is InChI=1S/C19H30N6O/c1-14-7-4-5-11-24(14)12-6-10-20-18(26)9-8-17-15(2)23-19-21-13-22-25(19)16(17)3/h13-14H,4-12H2,1-3H3,(H,20,26)/t14-/m1/s1. The van der Waals surface area contributed by atoms with Crippen molar-refractivity contribution in [1.82, 2.24) is 29.8 Å². The average molecular weight is 358 g/mol. The minimum absolute atomic E-state index is 0.106. The Labute approximate surface area is 155 Å². The fraction of sp³-hybridized carbons (Fsp3) is 0.684. The maximum atomic E-state index is 12.2. The molecule has 7 nitrogen and oxygen atoms in total. The molecule has 1 amide bonds. The Morgan fingerprint density at radius 3 is 3.00 bits per heavy atom.